The molecule has 0 saturated heterocycles. The van der Waals surface area contributed by atoms with Crippen molar-refractivity contribution in [1.29, 1.82) is 0 Å². The number of nitrogens with one attached hydrogen (secondary N) is 1. The minimum absolute atomic E-state index is 0.0916. The van der Waals surface area contributed by atoms with Crippen LogP contribution in [0, 0.1) is 5.92 Å². The molecule has 0 aliphatic heterocycles. The van der Waals surface area contributed by atoms with Crippen LogP contribution in [0.15, 0.2) is 48.5 Å². The lowest BCUT2D eigenvalue weighted by Gasteiger charge is -2.15. The molecule has 3 N–H and O–H groups in total. The van der Waals surface area contributed by atoms with Crippen molar-refractivity contribution in [2.24, 2.45) is 11.7 Å². The number of rotatable bonds is 8. The first-order valence-corrected chi connectivity index (χ1v) is 8.76. The predicted octanol–water partition coefficient (Wildman–Crippen LogP) is 3.24. The number of primary amides is 1. The highest BCUT2D eigenvalue weighted by molar-refractivity contribution is 5.92. The molecule has 0 radical (unpaired) electrons. The maximum atomic E-state index is 12.1. The Kier molecular flexibility index (Phi) is 6.78. The Bertz CT molecular complexity index is 737. The highest BCUT2D eigenvalue weighted by atomic mass is 16.5. The van der Waals surface area contributed by atoms with Crippen LogP contribution in [0.4, 0.5) is 0 Å². The lowest BCUT2D eigenvalue weighted by atomic mass is 10.00. The van der Waals surface area contributed by atoms with Crippen LogP contribution < -0.4 is 15.8 Å². The van der Waals surface area contributed by atoms with E-state index in [0.29, 0.717) is 17.2 Å². The Balaban J connectivity index is 1.83. The SMILES string of the molecule is CC(C)Cc1ccc(C(C)NC(=O)COc2ccc(C(N)=O)cc2)cc1. The van der Waals surface area contributed by atoms with Crippen molar-refractivity contribution in [1.82, 2.24) is 5.32 Å². The van der Waals surface area contributed by atoms with Gasteiger partial charge in [0.15, 0.2) is 6.61 Å². The van der Waals surface area contributed by atoms with Gasteiger partial charge >= 0.3 is 0 Å². The van der Waals surface area contributed by atoms with Gasteiger partial charge in [-0.15, -0.1) is 0 Å². The summed E-state index contributed by atoms with van der Waals surface area (Å²) in [7, 11) is 0. The van der Waals surface area contributed by atoms with Crippen molar-refractivity contribution >= 4 is 11.8 Å². The van der Waals surface area contributed by atoms with E-state index in [9.17, 15) is 9.59 Å². The molecule has 2 amide bonds. The molecule has 0 bridgehead atoms. The molecule has 0 aliphatic rings. The molecule has 2 aromatic rings. The summed E-state index contributed by atoms with van der Waals surface area (Å²) in [6.45, 7) is 6.24. The lowest BCUT2D eigenvalue weighted by molar-refractivity contribution is -0.123. The first kappa shape index (κ1) is 19.5. The number of hydrogen-bond acceptors (Lipinski definition) is 3. The number of benzene rings is 2. The van der Waals surface area contributed by atoms with Gasteiger partial charge in [0, 0.05) is 5.56 Å². The molecule has 5 nitrogen and oxygen atoms in total. The molecule has 2 aromatic carbocycles. The average Bonchev–Trinajstić information content (AvgIpc) is 2.60. The molecule has 26 heavy (non-hydrogen) atoms. The van der Waals surface area contributed by atoms with Crippen molar-refractivity contribution < 1.29 is 14.3 Å². The minimum atomic E-state index is -0.498. The number of nitrogens with two attached hydrogens (primary N) is 1. The third-order valence-electron chi connectivity index (χ3n) is 4.01. The smallest absolute Gasteiger partial charge is 0.258 e. The monoisotopic (exact) mass is 354 g/mol. The zero-order valence-electron chi connectivity index (χ0n) is 15.5. The number of ether oxygens (including phenoxy) is 1. The third-order valence-corrected chi connectivity index (χ3v) is 4.01. The molecule has 1 atom stereocenters. The molecule has 138 valence electrons. The van der Waals surface area contributed by atoms with Gasteiger partial charge in [0.25, 0.3) is 5.91 Å². The largest absolute Gasteiger partial charge is 0.484 e. The second-order valence-electron chi connectivity index (χ2n) is 6.81. The van der Waals surface area contributed by atoms with E-state index >= 15 is 0 Å². The summed E-state index contributed by atoms with van der Waals surface area (Å²) in [6, 6.07) is 14.6. The second-order valence-corrected chi connectivity index (χ2v) is 6.81. The number of carbonyl (C=O) groups excluding carboxylic acids is 2. The number of carbonyl (C=O) groups is 2. The van der Waals surface area contributed by atoms with Gasteiger partial charge in [0.1, 0.15) is 5.75 Å². The van der Waals surface area contributed by atoms with E-state index in [1.165, 1.54) is 5.56 Å². The van der Waals surface area contributed by atoms with Crippen molar-refractivity contribution in [2.45, 2.75) is 33.2 Å². The molecule has 0 aromatic heterocycles. The van der Waals surface area contributed by atoms with Crippen molar-refractivity contribution in [3.05, 3.63) is 65.2 Å². The number of amides is 2. The summed E-state index contributed by atoms with van der Waals surface area (Å²) in [6.07, 6.45) is 1.05. The van der Waals surface area contributed by atoms with Crippen LogP contribution in [0.5, 0.6) is 5.75 Å². The van der Waals surface area contributed by atoms with Crippen LogP contribution in [0.1, 0.15) is 48.3 Å². The summed E-state index contributed by atoms with van der Waals surface area (Å²) in [5, 5.41) is 2.92. The second kappa shape index (κ2) is 9.04. The molecule has 0 saturated carbocycles. The zero-order chi connectivity index (χ0) is 19.1. The van der Waals surface area contributed by atoms with E-state index in [2.05, 4.69) is 31.3 Å². The molecular weight excluding hydrogens is 328 g/mol. The van der Waals surface area contributed by atoms with E-state index in [1.807, 2.05) is 19.1 Å². The molecule has 0 aliphatic carbocycles. The third kappa shape index (κ3) is 5.92. The van der Waals surface area contributed by atoms with Crippen molar-refractivity contribution in [2.75, 3.05) is 6.61 Å². The average molecular weight is 354 g/mol. The topological polar surface area (TPSA) is 81.4 Å². The first-order chi connectivity index (χ1) is 12.3. The Labute approximate surface area is 154 Å². The zero-order valence-corrected chi connectivity index (χ0v) is 15.5. The van der Waals surface area contributed by atoms with Gasteiger partial charge in [-0.3, -0.25) is 9.59 Å². The standard InChI is InChI=1S/C21H26N2O3/c1-14(2)12-16-4-6-17(7-5-16)15(3)23-20(24)13-26-19-10-8-18(9-11-19)21(22)25/h4-11,14-15H,12-13H2,1-3H3,(H2,22,25)(H,23,24). The predicted molar refractivity (Wildman–Crippen MR) is 102 cm³/mol. The van der Waals surface area contributed by atoms with E-state index in [4.69, 9.17) is 10.5 Å². The highest BCUT2D eigenvalue weighted by Crippen LogP contribution is 2.16. The highest BCUT2D eigenvalue weighted by Gasteiger charge is 2.11. The van der Waals surface area contributed by atoms with Crippen LogP contribution in [0.2, 0.25) is 0 Å². The molecule has 0 heterocycles. The van der Waals surface area contributed by atoms with E-state index < -0.39 is 5.91 Å². The van der Waals surface area contributed by atoms with E-state index in [1.54, 1.807) is 24.3 Å². The van der Waals surface area contributed by atoms with Crippen LogP contribution in [0.3, 0.4) is 0 Å². The Morgan fingerprint density at radius 3 is 2.15 bits per heavy atom. The normalized spacial score (nSPS) is 11.8. The molecular formula is C21H26N2O3. The summed E-state index contributed by atoms with van der Waals surface area (Å²) >= 11 is 0. The van der Waals surface area contributed by atoms with Crippen LogP contribution in [-0.4, -0.2) is 18.4 Å². The van der Waals surface area contributed by atoms with E-state index in [0.717, 1.165) is 12.0 Å². The maximum absolute atomic E-state index is 12.1. The number of hydrogen-bond donors (Lipinski definition) is 2. The van der Waals surface area contributed by atoms with Crippen molar-refractivity contribution in [3.63, 3.8) is 0 Å². The molecule has 0 fully saturated rings. The Morgan fingerprint density at radius 1 is 1.00 bits per heavy atom. The summed E-state index contributed by atoms with van der Waals surface area (Å²) < 4.78 is 5.44. The van der Waals surface area contributed by atoms with E-state index in [-0.39, 0.29) is 18.6 Å². The quantitative estimate of drug-likeness (QED) is 0.763. The van der Waals surface area contributed by atoms with Gasteiger partial charge in [0.05, 0.1) is 6.04 Å². The molecule has 2 rings (SSSR count). The fourth-order valence-electron chi connectivity index (χ4n) is 2.64. The molecule has 5 heteroatoms. The van der Waals surface area contributed by atoms with Gasteiger partial charge in [-0.1, -0.05) is 38.1 Å². The van der Waals surface area contributed by atoms with Gasteiger partial charge in [-0.2, -0.15) is 0 Å². The molecule has 1 unspecified atom stereocenters. The van der Waals surface area contributed by atoms with Gasteiger partial charge in [-0.25, -0.2) is 0 Å². The van der Waals surface area contributed by atoms with Gasteiger partial charge in [-0.05, 0) is 54.7 Å². The fourth-order valence-corrected chi connectivity index (χ4v) is 2.64. The maximum Gasteiger partial charge on any atom is 0.258 e. The minimum Gasteiger partial charge on any atom is -0.484 e. The van der Waals surface area contributed by atoms with Gasteiger partial charge in [0.2, 0.25) is 5.91 Å². The Morgan fingerprint density at radius 2 is 1.62 bits per heavy atom. The lowest BCUT2D eigenvalue weighted by Crippen LogP contribution is -2.31. The van der Waals surface area contributed by atoms with Crippen LogP contribution in [-0.2, 0) is 11.2 Å². The summed E-state index contributed by atoms with van der Waals surface area (Å²) in [4.78, 5) is 23.1. The van der Waals surface area contributed by atoms with Crippen molar-refractivity contribution in [3.8, 4) is 5.75 Å². The fraction of sp³-hybridized carbons (Fsp3) is 0.333. The van der Waals surface area contributed by atoms with Crippen LogP contribution in [0.25, 0.3) is 0 Å². The summed E-state index contributed by atoms with van der Waals surface area (Å²) in [5.41, 5.74) is 7.93. The Hall–Kier alpha value is -2.82. The van der Waals surface area contributed by atoms with Crippen LogP contribution >= 0.6 is 0 Å². The summed E-state index contributed by atoms with van der Waals surface area (Å²) in [5.74, 6) is 0.424. The first-order valence-electron chi connectivity index (χ1n) is 8.76. The van der Waals surface area contributed by atoms with Gasteiger partial charge < -0.3 is 15.8 Å². The molecule has 0 spiro atoms.